The second-order valence-electron chi connectivity index (χ2n) is 6.33. The highest BCUT2D eigenvalue weighted by atomic mass is 35.5. The molecular formula is C19H20Cl2N2O3S. The molecule has 0 aromatic heterocycles. The number of hydrogen-bond acceptors (Lipinski definition) is 3. The van der Waals surface area contributed by atoms with Crippen molar-refractivity contribution < 1.29 is 13.2 Å². The molecule has 1 aliphatic rings. The van der Waals surface area contributed by atoms with Crippen molar-refractivity contribution in [2.45, 2.75) is 17.7 Å². The maximum Gasteiger partial charge on any atom is 0.243 e. The fourth-order valence-electron chi connectivity index (χ4n) is 3.04. The monoisotopic (exact) mass is 426 g/mol. The van der Waals surface area contributed by atoms with Gasteiger partial charge < -0.3 is 4.90 Å². The molecule has 0 atom stereocenters. The SMILES string of the molecule is O=C(CCc1ccc(Cl)cc1Cl)N1CCN(S(=O)(=O)c2ccccc2)CC1. The first-order chi connectivity index (χ1) is 12.9. The van der Waals surface area contributed by atoms with Gasteiger partial charge in [0.05, 0.1) is 4.90 Å². The lowest BCUT2D eigenvalue weighted by Gasteiger charge is -2.34. The first-order valence-electron chi connectivity index (χ1n) is 8.65. The molecule has 0 radical (unpaired) electrons. The summed E-state index contributed by atoms with van der Waals surface area (Å²) in [6, 6.07) is 13.6. The van der Waals surface area contributed by atoms with E-state index in [1.165, 1.54) is 4.31 Å². The summed E-state index contributed by atoms with van der Waals surface area (Å²) in [4.78, 5) is 14.5. The molecule has 2 aromatic rings. The van der Waals surface area contributed by atoms with Crippen molar-refractivity contribution in [2.24, 2.45) is 0 Å². The van der Waals surface area contributed by atoms with Crippen LogP contribution in [0, 0.1) is 0 Å². The van der Waals surface area contributed by atoms with Crippen LogP contribution < -0.4 is 0 Å². The molecule has 0 unspecified atom stereocenters. The summed E-state index contributed by atoms with van der Waals surface area (Å²) < 4.78 is 26.7. The summed E-state index contributed by atoms with van der Waals surface area (Å²) in [5.41, 5.74) is 0.875. The highest BCUT2D eigenvalue weighted by molar-refractivity contribution is 7.89. The van der Waals surface area contributed by atoms with Gasteiger partial charge in [0.2, 0.25) is 15.9 Å². The molecule has 27 heavy (non-hydrogen) atoms. The molecule has 1 amide bonds. The normalized spacial score (nSPS) is 15.7. The maximum absolute atomic E-state index is 12.6. The minimum Gasteiger partial charge on any atom is -0.340 e. The Morgan fingerprint density at radius 1 is 0.963 bits per heavy atom. The van der Waals surface area contributed by atoms with Crippen LogP contribution in [0.3, 0.4) is 0 Å². The molecule has 2 aromatic carbocycles. The predicted molar refractivity (Wildman–Crippen MR) is 107 cm³/mol. The number of nitrogens with zero attached hydrogens (tertiary/aromatic N) is 2. The van der Waals surface area contributed by atoms with Gasteiger partial charge in [0, 0.05) is 42.6 Å². The number of aryl methyl sites for hydroxylation is 1. The van der Waals surface area contributed by atoms with E-state index in [4.69, 9.17) is 23.2 Å². The van der Waals surface area contributed by atoms with E-state index in [1.54, 1.807) is 47.4 Å². The van der Waals surface area contributed by atoms with Gasteiger partial charge in [-0.25, -0.2) is 8.42 Å². The van der Waals surface area contributed by atoms with Crippen molar-refractivity contribution in [1.82, 2.24) is 9.21 Å². The summed E-state index contributed by atoms with van der Waals surface area (Å²) >= 11 is 12.0. The number of carbonyl (C=O) groups excluding carboxylic acids is 1. The minimum absolute atomic E-state index is 0.00206. The standard InChI is InChI=1S/C19H20Cl2N2O3S/c20-16-8-6-15(18(21)14-16)7-9-19(24)22-10-12-23(13-11-22)27(25,26)17-4-2-1-3-5-17/h1-6,8,14H,7,9-13H2. The van der Waals surface area contributed by atoms with Gasteiger partial charge in [0.1, 0.15) is 0 Å². The van der Waals surface area contributed by atoms with Crippen molar-refractivity contribution in [2.75, 3.05) is 26.2 Å². The molecule has 0 N–H and O–H groups in total. The Bertz CT molecular complexity index is 912. The number of carbonyl (C=O) groups is 1. The lowest BCUT2D eigenvalue weighted by atomic mass is 10.1. The molecule has 0 bridgehead atoms. The fourth-order valence-corrected chi connectivity index (χ4v) is 4.99. The van der Waals surface area contributed by atoms with Crippen LogP contribution in [-0.2, 0) is 21.2 Å². The second kappa shape index (κ2) is 8.61. The lowest BCUT2D eigenvalue weighted by molar-refractivity contribution is -0.132. The smallest absolute Gasteiger partial charge is 0.243 e. The summed E-state index contributed by atoms with van der Waals surface area (Å²) in [6.45, 7) is 1.37. The average molecular weight is 427 g/mol. The van der Waals surface area contributed by atoms with Gasteiger partial charge in [0.15, 0.2) is 0 Å². The lowest BCUT2D eigenvalue weighted by Crippen LogP contribution is -2.50. The van der Waals surface area contributed by atoms with Crippen molar-refractivity contribution in [1.29, 1.82) is 0 Å². The largest absolute Gasteiger partial charge is 0.340 e. The number of benzene rings is 2. The molecule has 5 nitrogen and oxygen atoms in total. The van der Waals surface area contributed by atoms with Crippen LogP contribution in [0.5, 0.6) is 0 Å². The van der Waals surface area contributed by atoms with Crippen LogP contribution in [0.25, 0.3) is 0 Å². The van der Waals surface area contributed by atoms with E-state index >= 15 is 0 Å². The average Bonchev–Trinajstić information content (AvgIpc) is 2.68. The zero-order valence-corrected chi connectivity index (χ0v) is 17.0. The maximum atomic E-state index is 12.6. The van der Waals surface area contributed by atoms with Crippen molar-refractivity contribution in [3.63, 3.8) is 0 Å². The van der Waals surface area contributed by atoms with Gasteiger partial charge in [-0.05, 0) is 36.2 Å². The predicted octanol–water partition coefficient (Wildman–Crippen LogP) is 3.46. The zero-order valence-electron chi connectivity index (χ0n) is 14.6. The van der Waals surface area contributed by atoms with Crippen LogP contribution in [0.4, 0.5) is 0 Å². The molecular weight excluding hydrogens is 407 g/mol. The Morgan fingerprint density at radius 2 is 1.63 bits per heavy atom. The van der Waals surface area contributed by atoms with E-state index in [9.17, 15) is 13.2 Å². The van der Waals surface area contributed by atoms with E-state index in [2.05, 4.69) is 0 Å². The van der Waals surface area contributed by atoms with Gasteiger partial charge in [-0.3, -0.25) is 4.79 Å². The molecule has 3 rings (SSSR count). The Morgan fingerprint density at radius 3 is 2.26 bits per heavy atom. The molecule has 1 heterocycles. The summed E-state index contributed by atoms with van der Waals surface area (Å²) in [5.74, 6) is -0.00206. The molecule has 0 spiro atoms. The van der Waals surface area contributed by atoms with Gasteiger partial charge in [0.25, 0.3) is 0 Å². The van der Waals surface area contributed by atoms with Gasteiger partial charge in [-0.15, -0.1) is 0 Å². The number of piperazine rings is 1. The molecule has 0 saturated carbocycles. The summed E-state index contributed by atoms with van der Waals surface area (Å²) in [7, 11) is -3.51. The number of amides is 1. The van der Waals surface area contributed by atoms with Gasteiger partial charge >= 0.3 is 0 Å². The Hall–Kier alpha value is -1.60. The van der Waals surface area contributed by atoms with Crippen LogP contribution in [0.15, 0.2) is 53.4 Å². The van der Waals surface area contributed by atoms with Crippen LogP contribution >= 0.6 is 23.2 Å². The number of halogens is 2. The first kappa shape index (κ1) is 20.1. The molecule has 0 aliphatic carbocycles. The van der Waals surface area contributed by atoms with E-state index in [1.807, 2.05) is 6.07 Å². The fraction of sp³-hybridized carbons (Fsp3) is 0.316. The Balaban J connectivity index is 1.55. The van der Waals surface area contributed by atoms with Crippen molar-refractivity contribution >= 4 is 39.1 Å². The first-order valence-corrected chi connectivity index (χ1v) is 10.8. The third kappa shape index (κ3) is 4.82. The number of sulfonamides is 1. The van der Waals surface area contributed by atoms with Crippen LogP contribution in [-0.4, -0.2) is 49.7 Å². The van der Waals surface area contributed by atoms with Gasteiger partial charge in [-0.2, -0.15) is 4.31 Å². The summed E-state index contributed by atoms with van der Waals surface area (Å²) in [6.07, 6.45) is 0.851. The van der Waals surface area contributed by atoms with E-state index < -0.39 is 10.0 Å². The Kier molecular flexibility index (Phi) is 6.42. The number of hydrogen-bond donors (Lipinski definition) is 0. The van der Waals surface area contributed by atoms with Crippen LogP contribution in [0.1, 0.15) is 12.0 Å². The van der Waals surface area contributed by atoms with E-state index in [-0.39, 0.29) is 10.8 Å². The molecule has 1 saturated heterocycles. The quantitative estimate of drug-likeness (QED) is 0.735. The van der Waals surface area contributed by atoms with Gasteiger partial charge in [-0.1, -0.05) is 47.5 Å². The second-order valence-corrected chi connectivity index (χ2v) is 9.12. The highest BCUT2D eigenvalue weighted by Gasteiger charge is 2.29. The van der Waals surface area contributed by atoms with Crippen molar-refractivity contribution in [3.8, 4) is 0 Å². The minimum atomic E-state index is -3.51. The Labute approximate surface area is 169 Å². The topological polar surface area (TPSA) is 57.7 Å². The zero-order chi connectivity index (χ0) is 19.4. The summed E-state index contributed by atoms with van der Waals surface area (Å²) in [5, 5.41) is 1.11. The molecule has 1 fully saturated rings. The molecule has 8 heteroatoms. The third-order valence-corrected chi connectivity index (χ3v) is 7.10. The third-order valence-electron chi connectivity index (χ3n) is 4.60. The highest BCUT2D eigenvalue weighted by Crippen LogP contribution is 2.23. The molecule has 144 valence electrons. The molecule has 1 aliphatic heterocycles. The van der Waals surface area contributed by atoms with E-state index in [0.717, 1.165) is 5.56 Å². The number of rotatable bonds is 5. The van der Waals surface area contributed by atoms with E-state index in [0.29, 0.717) is 49.1 Å². The van der Waals surface area contributed by atoms with Crippen molar-refractivity contribution in [3.05, 3.63) is 64.1 Å². The van der Waals surface area contributed by atoms with Crippen LogP contribution in [0.2, 0.25) is 10.0 Å².